The third-order valence-corrected chi connectivity index (χ3v) is 5.29. The van der Waals surface area contributed by atoms with Crippen molar-refractivity contribution in [1.29, 1.82) is 0 Å². The average Bonchev–Trinajstić information content (AvgIpc) is 2.92. The fraction of sp³-hybridized carbons (Fsp3) is 0.462. The number of carboxylic acid groups (broad SMARTS) is 1. The summed E-state index contributed by atoms with van der Waals surface area (Å²) in [6.07, 6.45) is 2.28. The van der Waals surface area contributed by atoms with Crippen LogP contribution in [-0.2, 0) is 16.4 Å². The monoisotopic (exact) mass is 283 g/mol. The van der Waals surface area contributed by atoms with E-state index in [1.807, 2.05) is 6.92 Å². The fourth-order valence-corrected chi connectivity index (χ4v) is 3.84. The SMILES string of the molecule is CCc1ccc(S(=O)(=O)N2CCCC2)cc1C(=O)O. The Labute approximate surface area is 112 Å². The van der Waals surface area contributed by atoms with Gasteiger partial charge in [0.15, 0.2) is 0 Å². The first-order valence-corrected chi connectivity index (χ1v) is 7.77. The molecular weight excluding hydrogens is 266 g/mol. The molecule has 0 bridgehead atoms. The summed E-state index contributed by atoms with van der Waals surface area (Å²) in [4.78, 5) is 11.2. The molecular formula is C13H17NO4S. The first-order valence-electron chi connectivity index (χ1n) is 6.33. The first-order chi connectivity index (χ1) is 8.96. The summed E-state index contributed by atoms with van der Waals surface area (Å²) in [6, 6.07) is 4.36. The Morgan fingerprint density at radius 3 is 2.47 bits per heavy atom. The standard InChI is InChI=1S/C13H17NO4S/c1-2-10-5-6-11(9-12(10)13(15)16)19(17,18)14-7-3-4-8-14/h5-6,9H,2-4,7-8H2,1H3,(H,15,16). The van der Waals surface area contributed by atoms with Gasteiger partial charge in [-0.1, -0.05) is 13.0 Å². The van der Waals surface area contributed by atoms with Gasteiger partial charge in [-0.25, -0.2) is 13.2 Å². The number of rotatable bonds is 4. The summed E-state index contributed by atoms with van der Waals surface area (Å²) in [6.45, 7) is 2.87. The molecule has 0 unspecified atom stereocenters. The van der Waals surface area contributed by atoms with Crippen LogP contribution in [0.2, 0.25) is 0 Å². The normalized spacial score (nSPS) is 16.7. The molecule has 104 valence electrons. The van der Waals surface area contributed by atoms with Gasteiger partial charge in [0.2, 0.25) is 10.0 Å². The summed E-state index contributed by atoms with van der Waals surface area (Å²) in [5.74, 6) is -1.09. The lowest BCUT2D eigenvalue weighted by Crippen LogP contribution is -2.28. The number of aryl methyl sites for hydroxylation is 1. The number of hydrogen-bond acceptors (Lipinski definition) is 3. The maximum Gasteiger partial charge on any atom is 0.336 e. The molecule has 0 amide bonds. The minimum Gasteiger partial charge on any atom is -0.478 e. The van der Waals surface area contributed by atoms with Crippen LogP contribution < -0.4 is 0 Å². The molecule has 19 heavy (non-hydrogen) atoms. The quantitative estimate of drug-likeness (QED) is 0.913. The van der Waals surface area contributed by atoms with Crippen LogP contribution in [0.15, 0.2) is 23.1 Å². The van der Waals surface area contributed by atoms with Crippen molar-refractivity contribution < 1.29 is 18.3 Å². The smallest absolute Gasteiger partial charge is 0.336 e. The number of carbonyl (C=O) groups is 1. The Bertz CT molecular complexity index is 589. The van der Waals surface area contributed by atoms with Crippen LogP contribution in [0.4, 0.5) is 0 Å². The molecule has 1 fully saturated rings. The molecule has 1 aliphatic rings. The van der Waals surface area contributed by atoms with Gasteiger partial charge in [0, 0.05) is 13.1 Å². The molecule has 0 spiro atoms. The van der Waals surface area contributed by atoms with Crippen LogP contribution in [0.3, 0.4) is 0 Å². The molecule has 0 aliphatic carbocycles. The Morgan fingerprint density at radius 2 is 1.95 bits per heavy atom. The molecule has 1 N–H and O–H groups in total. The molecule has 1 heterocycles. The molecule has 1 saturated heterocycles. The van der Waals surface area contributed by atoms with Crippen LogP contribution in [-0.4, -0.2) is 36.9 Å². The highest BCUT2D eigenvalue weighted by atomic mass is 32.2. The topological polar surface area (TPSA) is 74.7 Å². The number of nitrogens with zero attached hydrogens (tertiary/aromatic N) is 1. The molecule has 1 aromatic carbocycles. The van der Waals surface area contributed by atoms with E-state index in [2.05, 4.69) is 0 Å². The van der Waals surface area contributed by atoms with Gasteiger partial charge in [-0.05, 0) is 37.0 Å². The van der Waals surface area contributed by atoms with Crippen molar-refractivity contribution in [2.24, 2.45) is 0 Å². The highest BCUT2D eigenvalue weighted by molar-refractivity contribution is 7.89. The predicted molar refractivity (Wildman–Crippen MR) is 70.8 cm³/mol. The van der Waals surface area contributed by atoms with E-state index < -0.39 is 16.0 Å². The van der Waals surface area contributed by atoms with Crippen molar-refractivity contribution in [3.8, 4) is 0 Å². The van der Waals surface area contributed by atoms with E-state index in [1.165, 1.54) is 16.4 Å². The van der Waals surface area contributed by atoms with E-state index in [-0.39, 0.29) is 10.5 Å². The highest BCUT2D eigenvalue weighted by Gasteiger charge is 2.28. The number of carboxylic acids is 1. The van der Waals surface area contributed by atoms with Crippen molar-refractivity contribution in [3.63, 3.8) is 0 Å². The third-order valence-electron chi connectivity index (χ3n) is 3.40. The summed E-state index contributed by atoms with van der Waals surface area (Å²) >= 11 is 0. The van der Waals surface area contributed by atoms with Gasteiger partial charge in [0.25, 0.3) is 0 Å². The molecule has 0 atom stereocenters. The Balaban J connectivity index is 2.45. The summed E-state index contributed by atoms with van der Waals surface area (Å²) in [5, 5.41) is 9.14. The van der Waals surface area contributed by atoms with Gasteiger partial charge in [0.05, 0.1) is 10.5 Å². The second-order valence-corrected chi connectivity index (χ2v) is 6.53. The maximum atomic E-state index is 12.3. The van der Waals surface area contributed by atoms with E-state index in [0.717, 1.165) is 12.8 Å². The van der Waals surface area contributed by atoms with E-state index in [9.17, 15) is 13.2 Å². The van der Waals surface area contributed by atoms with Gasteiger partial charge in [-0.15, -0.1) is 0 Å². The Hall–Kier alpha value is -1.40. The first kappa shape index (κ1) is 14.0. The number of aromatic carboxylic acids is 1. The second-order valence-electron chi connectivity index (χ2n) is 4.59. The van der Waals surface area contributed by atoms with E-state index in [1.54, 1.807) is 6.07 Å². The van der Waals surface area contributed by atoms with E-state index in [0.29, 0.717) is 25.1 Å². The molecule has 1 aromatic rings. The van der Waals surface area contributed by atoms with E-state index >= 15 is 0 Å². The number of benzene rings is 1. The van der Waals surface area contributed by atoms with Gasteiger partial charge < -0.3 is 5.11 Å². The van der Waals surface area contributed by atoms with Crippen LogP contribution in [0, 0.1) is 0 Å². The van der Waals surface area contributed by atoms with Gasteiger partial charge in [-0.3, -0.25) is 0 Å². The average molecular weight is 283 g/mol. The molecule has 1 aliphatic heterocycles. The zero-order valence-electron chi connectivity index (χ0n) is 10.8. The molecule has 2 rings (SSSR count). The lowest BCUT2D eigenvalue weighted by molar-refractivity contribution is 0.0695. The lowest BCUT2D eigenvalue weighted by Gasteiger charge is -2.16. The van der Waals surface area contributed by atoms with Crippen molar-refractivity contribution in [1.82, 2.24) is 4.31 Å². The second kappa shape index (κ2) is 5.30. The summed E-state index contributed by atoms with van der Waals surface area (Å²) in [5.41, 5.74) is 0.718. The fourth-order valence-electron chi connectivity index (χ4n) is 2.30. The molecule has 0 aromatic heterocycles. The van der Waals surface area contributed by atoms with Crippen LogP contribution in [0.25, 0.3) is 0 Å². The third kappa shape index (κ3) is 2.64. The molecule has 6 heteroatoms. The van der Waals surface area contributed by atoms with Crippen molar-refractivity contribution in [2.45, 2.75) is 31.1 Å². The van der Waals surface area contributed by atoms with Gasteiger partial charge >= 0.3 is 5.97 Å². The maximum absolute atomic E-state index is 12.3. The number of sulfonamides is 1. The Morgan fingerprint density at radius 1 is 1.32 bits per heavy atom. The largest absolute Gasteiger partial charge is 0.478 e. The van der Waals surface area contributed by atoms with Gasteiger partial charge in [0.1, 0.15) is 0 Å². The zero-order chi connectivity index (χ0) is 14.0. The van der Waals surface area contributed by atoms with Crippen molar-refractivity contribution in [2.75, 3.05) is 13.1 Å². The molecule has 5 nitrogen and oxygen atoms in total. The lowest BCUT2D eigenvalue weighted by atomic mass is 10.1. The minimum absolute atomic E-state index is 0.0720. The van der Waals surface area contributed by atoms with Crippen molar-refractivity contribution >= 4 is 16.0 Å². The minimum atomic E-state index is -3.55. The number of hydrogen-bond donors (Lipinski definition) is 1. The van der Waals surface area contributed by atoms with Crippen molar-refractivity contribution in [3.05, 3.63) is 29.3 Å². The molecule has 0 saturated carbocycles. The summed E-state index contributed by atoms with van der Waals surface area (Å²) in [7, 11) is -3.55. The zero-order valence-corrected chi connectivity index (χ0v) is 11.6. The summed E-state index contributed by atoms with van der Waals surface area (Å²) < 4.78 is 26.1. The van der Waals surface area contributed by atoms with Crippen LogP contribution in [0.5, 0.6) is 0 Å². The van der Waals surface area contributed by atoms with Crippen LogP contribution >= 0.6 is 0 Å². The molecule has 0 radical (unpaired) electrons. The van der Waals surface area contributed by atoms with Crippen LogP contribution in [0.1, 0.15) is 35.7 Å². The Kier molecular flexibility index (Phi) is 3.91. The highest BCUT2D eigenvalue weighted by Crippen LogP contribution is 2.23. The van der Waals surface area contributed by atoms with E-state index in [4.69, 9.17) is 5.11 Å². The predicted octanol–water partition coefficient (Wildman–Crippen LogP) is 1.73. The van der Waals surface area contributed by atoms with Gasteiger partial charge in [-0.2, -0.15) is 4.31 Å².